The highest BCUT2D eigenvalue weighted by molar-refractivity contribution is 6.36. The third-order valence-electron chi connectivity index (χ3n) is 13.6. The van der Waals surface area contributed by atoms with Crippen molar-refractivity contribution in [3.05, 3.63) is 279 Å². The molecule has 13 aromatic carbocycles. The first kappa shape index (κ1) is 40.9. The van der Waals surface area contributed by atoms with Crippen LogP contribution in [0.5, 0.6) is 0 Å². The average molecular weight is 895 g/mol. The number of nitrogens with zero attached hydrogens (tertiary/aromatic N) is 4. The Kier molecular flexibility index (Phi) is 10.1. The minimum Gasteiger partial charge on any atom is -0.308 e. The molecule has 330 valence electrons. The summed E-state index contributed by atoms with van der Waals surface area (Å²) in [5.74, 6) is 0. The van der Waals surface area contributed by atoms with E-state index in [1.807, 2.05) is 0 Å². The van der Waals surface area contributed by atoms with Gasteiger partial charge < -0.3 is 19.6 Å². The van der Waals surface area contributed by atoms with Crippen LogP contribution in [0.3, 0.4) is 0 Å². The van der Waals surface area contributed by atoms with Crippen LogP contribution in [0.1, 0.15) is 0 Å². The minimum atomic E-state index is 1.09. The first-order chi connectivity index (χ1) is 34.8. The summed E-state index contributed by atoms with van der Waals surface area (Å²) >= 11 is 0. The Hall–Kier alpha value is -9.38. The second-order valence-corrected chi connectivity index (χ2v) is 17.7. The molecule has 0 aromatic heterocycles. The van der Waals surface area contributed by atoms with Gasteiger partial charge in [-0.15, -0.1) is 0 Å². The third kappa shape index (κ3) is 7.01. The molecule has 0 heterocycles. The summed E-state index contributed by atoms with van der Waals surface area (Å²) in [5, 5.41) is 10.0. The van der Waals surface area contributed by atoms with Crippen LogP contribution in [-0.4, -0.2) is 0 Å². The van der Waals surface area contributed by atoms with Crippen LogP contribution in [0, 0.1) is 0 Å². The lowest BCUT2D eigenvalue weighted by atomic mass is 9.84. The highest BCUT2D eigenvalue weighted by atomic mass is 15.2. The number of rotatable bonds is 12. The maximum atomic E-state index is 2.45. The molecule has 0 spiro atoms. The minimum absolute atomic E-state index is 1.09. The lowest BCUT2D eigenvalue weighted by molar-refractivity contribution is 1.23. The van der Waals surface area contributed by atoms with Gasteiger partial charge in [-0.25, -0.2) is 0 Å². The molecule has 0 radical (unpaired) electrons. The topological polar surface area (TPSA) is 13.0 Å². The Morgan fingerprint density at radius 2 is 0.271 bits per heavy atom. The molecule has 0 bridgehead atoms. The van der Waals surface area contributed by atoms with E-state index in [1.165, 1.54) is 43.1 Å². The molecule has 4 nitrogen and oxygen atoms in total. The highest BCUT2D eigenvalue weighted by Crippen LogP contribution is 2.54. The monoisotopic (exact) mass is 894 g/mol. The van der Waals surface area contributed by atoms with Crippen molar-refractivity contribution in [1.82, 2.24) is 0 Å². The van der Waals surface area contributed by atoms with Crippen molar-refractivity contribution in [1.29, 1.82) is 0 Å². The number of benzene rings is 11. The average Bonchev–Trinajstić information content (AvgIpc) is 3.43. The predicted octanol–water partition coefficient (Wildman–Crippen LogP) is 19.1. The van der Waals surface area contributed by atoms with Gasteiger partial charge in [0, 0.05) is 45.5 Å². The molecular formula is C66H46N4. The normalized spacial score (nSPS) is 11.4. The van der Waals surface area contributed by atoms with E-state index in [1.54, 1.807) is 0 Å². The Labute approximate surface area is 408 Å². The Morgan fingerprint density at radius 1 is 0.143 bits per heavy atom. The summed E-state index contributed by atoms with van der Waals surface area (Å²) in [6.45, 7) is 0. The van der Waals surface area contributed by atoms with Crippen LogP contribution in [0.4, 0.5) is 68.2 Å². The zero-order valence-corrected chi connectivity index (χ0v) is 38.3. The number of hydrogen-bond donors (Lipinski definition) is 0. The van der Waals surface area contributed by atoms with E-state index in [0.717, 1.165) is 68.2 Å². The zero-order chi connectivity index (χ0) is 46.4. The van der Waals surface area contributed by atoms with Crippen molar-refractivity contribution in [3.63, 3.8) is 0 Å². The fourth-order valence-electron chi connectivity index (χ4n) is 10.5. The lowest BCUT2D eigenvalue weighted by Gasteiger charge is -2.35. The largest absolute Gasteiger partial charge is 0.308 e. The van der Waals surface area contributed by atoms with Crippen LogP contribution in [0.25, 0.3) is 43.1 Å². The van der Waals surface area contributed by atoms with E-state index in [-0.39, 0.29) is 0 Å². The maximum Gasteiger partial charge on any atom is 0.0709 e. The predicted molar refractivity (Wildman–Crippen MR) is 298 cm³/mol. The van der Waals surface area contributed by atoms with Gasteiger partial charge in [-0.1, -0.05) is 146 Å². The fraction of sp³-hybridized carbons (Fsp3) is 0. The summed E-state index contributed by atoms with van der Waals surface area (Å²) in [5.41, 5.74) is 13.1. The van der Waals surface area contributed by atoms with E-state index in [9.17, 15) is 0 Å². The van der Waals surface area contributed by atoms with E-state index in [0.29, 0.717) is 0 Å². The quantitative estimate of drug-likeness (QED) is 0.121. The summed E-state index contributed by atoms with van der Waals surface area (Å²) in [4.78, 5) is 9.63. The van der Waals surface area contributed by atoms with Gasteiger partial charge in [0.1, 0.15) is 0 Å². The van der Waals surface area contributed by atoms with Crippen molar-refractivity contribution in [2.45, 2.75) is 0 Å². The van der Waals surface area contributed by atoms with Gasteiger partial charge in [0.2, 0.25) is 0 Å². The van der Waals surface area contributed by atoms with Gasteiger partial charge in [0.15, 0.2) is 0 Å². The summed E-state index contributed by atoms with van der Waals surface area (Å²) in [6, 6.07) is 101. The molecule has 4 heteroatoms. The summed E-state index contributed by atoms with van der Waals surface area (Å²) in [6.07, 6.45) is 0. The SMILES string of the molecule is c1ccc(N(c2ccccc2)c2cc3c(cc2N(c2ccccc2)c2ccccc2)c2cc4c5cc(N(c6ccccc6)c6ccccc6)c(N(c6ccccc6)c6ccccc6)cc5c4cc32)cc1. The molecule has 13 rings (SSSR count). The summed E-state index contributed by atoms with van der Waals surface area (Å²) < 4.78 is 0. The first-order valence-electron chi connectivity index (χ1n) is 23.9. The van der Waals surface area contributed by atoms with Crippen LogP contribution in [0.2, 0.25) is 0 Å². The van der Waals surface area contributed by atoms with Crippen LogP contribution < -0.4 is 19.6 Å². The van der Waals surface area contributed by atoms with E-state index in [2.05, 4.69) is 299 Å². The molecule has 0 amide bonds. The number of fused-ring (bicyclic) bond motifs is 8. The van der Waals surface area contributed by atoms with Gasteiger partial charge in [-0.05, 0) is 177 Å². The standard InChI is InChI=1S/C66H46N4/c1-9-25-47(26-10-1)67(48-27-11-2-12-28-48)63-43-59-55-41-57-58(42-56(55)60(59)44-64(63)68(49-29-13-3-14-30-49)50-31-15-4-16-32-50)62-46-66(70(53-37-21-7-22-38-53)54-39-23-8-24-40-54)65(45-61(57)62)69(51-33-17-5-18-34-51)52-35-19-6-20-36-52/h1-46H. The van der Waals surface area contributed by atoms with Gasteiger partial charge in [-0.2, -0.15) is 0 Å². The van der Waals surface area contributed by atoms with E-state index in [4.69, 9.17) is 0 Å². The lowest BCUT2D eigenvalue weighted by Crippen LogP contribution is -2.17. The van der Waals surface area contributed by atoms with Crippen LogP contribution in [0.15, 0.2) is 279 Å². The summed E-state index contributed by atoms with van der Waals surface area (Å²) in [7, 11) is 0. The van der Waals surface area contributed by atoms with Crippen molar-refractivity contribution < 1.29 is 0 Å². The number of anilines is 12. The van der Waals surface area contributed by atoms with Crippen molar-refractivity contribution >= 4 is 111 Å². The molecule has 0 aliphatic heterocycles. The highest BCUT2D eigenvalue weighted by Gasteiger charge is 2.29. The van der Waals surface area contributed by atoms with Crippen molar-refractivity contribution in [2.24, 2.45) is 0 Å². The smallest absolute Gasteiger partial charge is 0.0709 e. The van der Waals surface area contributed by atoms with Crippen LogP contribution in [-0.2, 0) is 0 Å². The molecule has 0 N–H and O–H groups in total. The Bertz CT molecular complexity index is 3190. The molecule has 0 saturated heterocycles. The third-order valence-corrected chi connectivity index (χ3v) is 13.6. The molecule has 0 fully saturated rings. The number of hydrogen-bond acceptors (Lipinski definition) is 4. The van der Waals surface area contributed by atoms with Crippen LogP contribution >= 0.6 is 0 Å². The molecule has 0 aliphatic carbocycles. The van der Waals surface area contributed by atoms with Crippen molar-refractivity contribution in [2.75, 3.05) is 19.6 Å². The van der Waals surface area contributed by atoms with Gasteiger partial charge in [0.05, 0.1) is 22.7 Å². The zero-order valence-electron chi connectivity index (χ0n) is 38.3. The molecule has 0 atom stereocenters. The van der Waals surface area contributed by atoms with Gasteiger partial charge in [0.25, 0.3) is 0 Å². The number of para-hydroxylation sites is 8. The van der Waals surface area contributed by atoms with Gasteiger partial charge in [-0.3, -0.25) is 0 Å². The molecule has 0 aliphatic rings. The Morgan fingerprint density at radius 3 is 0.414 bits per heavy atom. The van der Waals surface area contributed by atoms with E-state index >= 15 is 0 Å². The van der Waals surface area contributed by atoms with Gasteiger partial charge >= 0.3 is 0 Å². The molecule has 70 heavy (non-hydrogen) atoms. The molecule has 0 saturated carbocycles. The van der Waals surface area contributed by atoms with Crippen molar-refractivity contribution in [3.8, 4) is 0 Å². The molecular weight excluding hydrogens is 849 g/mol. The first-order valence-corrected chi connectivity index (χ1v) is 23.9. The maximum absolute atomic E-state index is 2.45. The molecule has 0 unspecified atom stereocenters. The fourth-order valence-corrected chi connectivity index (χ4v) is 10.5. The second-order valence-electron chi connectivity index (χ2n) is 17.7. The second kappa shape index (κ2) is 17.4. The molecule has 13 aromatic rings. The Balaban J connectivity index is 1.08. The van der Waals surface area contributed by atoms with E-state index < -0.39 is 0 Å².